The summed E-state index contributed by atoms with van der Waals surface area (Å²) in [6, 6.07) is 13.3. The van der Waals surface area contributed by atoms with E-state index in [4.69, 9.17) is 16.3 Å². The first-order chi connectivity index (χ1) is 13.5. The number of carbonyl (C=O) groups excluding carboxylic acids is 2. The third-order valence-electron chi connectivity index (χ3n) is 5.05. The number of amides is 1. The van der Waals surface area contributed by atoms with Crippen LogP contribution in [0.1, 0.15) is 24.4 Å². The van der Waals surface area contributed by atoms with Gasteiger partial charge in [0.25, 0.3) is 0 Å². The van der Waals surface area contributed by atoms with Crippen molar-refractivity contribution in [3.05, 3.63) is 59.1 Å². The number of ether oxygens (including phenoxy) is 1. The Kier molecular flexibility index (Phi) is 6.54. The number of piperidine rings is 1. The number of benzene rings is 2. The van der Waals surface area contributed by atoms with Crippen LogP contribution >= 0.6 is 11.6 Å². The van der Waals surface area contributed by atoms with Gasteiger partial charge in [-0.1, -0.05) is 41.9 Å². The SMILES string of the molecule is COC(=O)C(c1ccccc1Cl)N1CCC(C(=O)Nc2ccccc2O)CC1. The lowest BCUT2D eigenvalue weighted by molar-refractivity contribution is -0.148. The second-order valence-corrected chi connectivity index (χ2v) is 7.17. The van der Waals surface area contributed by atoms with Gasteiger partial charge in [-0.15, -0.1) is 0 Å². The molecular weight excluding hydrogens is 380 g/mol. The third-order valence-corrected chi connectivity index (χ3v) is 5.40. The number of hydrogen-bond donors (Lipinski definition) is 2. The molecule has 1 aliphatic heterocycles. The molecule has 2 N–H and O–H groups in total. The van der Waals surface area contributed by atoms with Gasteiger partial charge in [-0.05, 0) is 36.6 Å². The Morgan fingerprint density at radius 2 is 1.79 bits per heavy atom. The van der Waals surface area contributed by atoms with E-state index >= 15 is 0 Å². The number of hydrogen-bond acceptors (Lipinski definition) is 5. The largest absolute Gasteiger partial charge is 0.506 e. The average molecular weight is 403 g/mol. The maximum atomic E-state index is 12.6. The Morgan fingerprint density at radius 3 is 2.43 bits per heavy atom. The van der Waals surface area contributed by atoms with E-state index in [1.165, 1.54) is 13.2 Å². The summed E-state index contributed by atoms with van der Waals surface area (Å²) in [6.07, 6.45) is 1.19. The van der Waals surface area contributed by atoms with Gasteiger partial charge in [0.05, 0.1) is 12.8 Å². The molecule has 0 spiro atoms. The number of rotatable bonds is 5. The molecular formula is C21H23ClN2O4. The number of anilines is 1. The third kappa shape index (κ3) is 4.46. The summed E-state index contributed by atoms with van der Waals surface area (Å²) in [5.74, 6) is -0.656. The second-order valence-electron chi connectivity index (χ2n) is 6.76. The smallest absolute Gasteiger partial charge is 0.327 e. The molecule has 7 heteroatoms. The second kappa shape index (κ2) is 9.08. The molecule has 0 aliphatic carbocycles. The van der Waals surface area contributed by atoms with Crippen molar-refractivity contribution in [2.45, 2.75) is 18.9 Å². The highest BCUT2D eigenvalue weighted by Gasteiger charge is 2.34. The van der Waals surface area contributed by atoms with Crippen molar-refractivity contribution in [2.24, 2.45) is 5.92 Å². The number of likely N-dealkylation sites (tertiary alicyclic amines) is 1. The Bertz CT molecular complexity index is 850. The van der Waals surface area contributed by atoms with Crippen LogP contribution in [0.4, 0.5) is 5.69 Å². The van der Waals surface area contributed by atoms with Gasteiger partial charge >= 0.3 is 5.97 Å². The zero-order valence-electron chi connectivity index (χ0n) is 15.6. The van der Waals surface area contributed by atoms with Crippen molar-refractivity contribution in [3.8, 4) is 5.75 Å². The van der Waals surface area contributed by atoms with Crippen LogP contribution in [-0.4, -0.2) is 42.1 Å². The average Bonchev–Trinajstić information content (AvgIpc) is 2.71. The van der Waals surface area contributed by atoms with Gasteiger partial charge < -0.3 is 15.2 Å². The number of nitrogens with one attached hydrogen (secondary N) is 1. The van der Waals surface area contributed by atoms with Gasteiger partial charge in [0.1, 0.15) is 11.8 Å². The maximum absolute atomic E-state index is 12.6. The highest BCUT2D eigenvalue weighted by Crippen LogP contribution is 2.32. The van der Waals surface area contributed by atoms with Crippen LogP contribution in [0.15, 0.2) is 48.5 Å². The lowest BCUT2D eigenvalue weighted by atomic mass is 9.93. The fraction of sp³-hybridized carbons (Fsp3) is 0.333. The molecule has 3 rings (SSSR count). The first-order valence-corrected chi connectivity index (χ1v) is 9.54. The molecule has 0 saturated carbocycles. The zero-order chi connectivity index (χ0) is 20.1. The lowest BCUT2D eigenvalue weighted by Crippen LogP contribution is -2.43. The van der Waals surface area contributed by atoms with E-state index < -0.39 is 6.04 Å². The molecule has 0 aromatic heterocycles. The Hall–Kier alpha value is -2.57. The monoisotopic (exact) mass is 402 g/mol. The normalized spacial score (nSPS) is 16.4. The topological polar surface area (TPSA) is 78.9 Å². The molecule has 1 saturated heterocycles. The summed E-state index contributed by atoms with van der Waals surface area (Å²) in [6.45, 7) is 1.12. The van der Waals surface area contributed by atoms with E-state index in [0.717, 1.165) is 0 Å². The van der Waals surface area contributed by atoms with Crippen LogP contribution in [0.2, 0.25) is 5.02 Å². The quantitative estimate of drug-likeness (QED) is 0.590. The molecule has 1 aliphatic rings. The molecule has 28 heavy (non-hydrogen) atoms. The summed E-state index contributed by atoms with van der Waals surface area (Å²) in [7, 11) is 1.36. The van der Waals surface area contributed by atoms with E-state index in [-0.39, 0.29) is 23.5 Å². The predicted octanol–water partition coefficient (Wildman–Crippen LogP) is 3.61. The van der Waals surface area contributed by atoms with Crippen molar-refractivity contribution in [2.75, 3.05) is 25.5 Å². The number of aromatic hydroxyl groups is 1. The minimum atomic E-state index is -0.596. The lowest BCUT2D eigenvalue weighted by Gasteiger charge is -2.36. The number of carbonyl (C=O) groups is 2. The van der Waals surface area contributed by atoms with Crippen molar-refractivity contribution < 1.29 is 19.4 Å². The molecule has 1 amide bonds. The first kappa shape index (κ1) is 20.2. The summed E-state index contributed by atoms with van der Waals surface area (Å²) < 4.78 is 5.00. The van der Waals surface area contributed by atoms with Crippen molar-refractivity contribution in [1.82, 2.24) is 4.90 Å². The first-order valence-electron chi connectivity index (χ1n) is 9.16. The van der Waals surface area contributed by atoms with Gasteiger partial charge in [-0.3, -0.25) is 9.69 Å². The van der Waals surface area contributed by atoms with Gasteiger partial charge in [0, 0.05) is 24.0 Å². The Balaban J connectivity index is 1.67. The minimum Gasteiger partial charge on any atom is -0.506 e. The van der Waals surface area contributed by atoms with Crippen LogP contribution in [0, 0.1) is 5.92 Å². The van der Waals surface area contributed by atoms with Crippen molar-refractivity contribution >= 4 is 29.2 Å². The van der Waals surface area contributed by atoms with Gasteiger partial charge in [0.2, 0.25) is 5.91 Å². The molecule has 1 heterocycles. The molecule has 2 aromatic carbocycles. The van der Waals surface area contributed by atoms with Gasteiger partial charge in [0.15, 0.2) is 0 Å². The molecule has 148 valence electrons. The highest BCUT2D eigenvalue weighted by molar-refractivity contribution is 6.31. The number of nitrogens with zero attached hydrogens (tertiary/aromatic N) is 1. The molecule has 0 bridgehead atoms. The van der Waals surface area contributed by atoms with E-state index in [1.807, 2.05) is 23.1 Å². The molecule has 2 aromatic rings. The van der Waals surface area contributed by atoms with Crippen LogP contribution in [-0.2, 0) is 14.3 Å². The molecule has 1 atom stereocenters. The summed E-state index contributed by atoms with van der Waals surface area (Å²) >= 11 is 6.30. The molecule has 1 unspecified atom stereocenters. The van der Waals surface area contributed by atoms with Crippen LogP contribution in [0.5, 0.6) is 5.75 Å². The molecule has 6 nitrogen and oxygen atoms in total. The number of esters is 1. The highest BCUT2D eigenvalue weighted by atomic mass is 35.5. The number of phenolic OH excluding ortho intramolecular Hbond substituents is 1. The fourth-order valence-electron chi connectivity index (χ4n) is 3.52. The van der Waals surface area contributed by atoms with Crippen LogP contribution in [0.25, 0.3) is 0 Å². The van der Waals surface area contributed by atoms with Gasteiger partial charge in [-0.25, -0.2) is 4.79 Å². The molecule has 0 radical (unpaired) electrons. The number of phenols is 1. The predicted molar refractivity (Wildman–Crippen MR) is 107 cm³/mol. The summed E-state index contributed by atoms with van der Waals surface area (Å²) in [4.78, 5) is 27.0. The van der Waals surface area contributed by atoms with Crippen molar-refractivity contribution in [3.63, 3.8) is 0 Å². The van der Waals surface area contributed by atoms with Crippen molar-refractivity contribution in [1.29, 1.82) is 0 Å². The standard InChI is InChI=1S/C21H23ClN2O4/c1-28-21(27)19(15-6-2-3-7-16(15)22)24-12-10-14(11-13-24)20(26)23-17-8-4-5-9-18(17)25/h2-9,14,19,25H,10-13H2,1H3,(H,23,26). The molecule has 1 fully saturated rings. The van der Waals surface area contributed by atoms with Gasteiger partial charge in [-0.2, -0.15) is 0 Å². The van der Waals surface area contributed by atoms with E-state index in [1.54, 1.807) is 24.3 Å². The van der Waals surface area contributed by atoms with E-state index in [9.17, 15) is 14.7 Å². The van der Waals surface area contributed by atoms with E-state index in [2.05, 4.69) is 5.32 Å². The number of halogens is 1. The minimum absolute atomic E-state index is 0.0396. The Labute approximate surface area is 169 Å². The van der Waals surface area contributed by atoms with Crippen LogP contribution < -0.4 is 5.32 Å². The number of methoxy groups -OCH3 is 1. The fourth-order valence-corrected chi connectivity index (χ4v) is 3.75. The summed E-state index contributed by atoms with van der Waals surface area (Å²) in [5.41, 5.74) is 1.10. The van der Waals surface area contributed by atoms with Crippen LogP contribution in [0.3, 0.4) is 0 Å². The number of para-hydroxylation sites is 2. The maximum Gasteiger partial charge on any atom is 0.327 e. The Morgan fingerprint density at radius 1 is 1.14 bits per heavy atom. The summed E-state index contributed by atoms with van der Waals surface area (Å²) in [5, 5.41) is 13.1. The van der Waals surface area contributed by atoms with E-state index in [0.29, 0.717) is 42.2 Å². The zero-order valence-corrected chi connectivity index (χ0v) is 16.4.